The van der Waals surface area contributed by atoms with Gasteiger partial charge >= 0.3 is 0 Å². The Hall–Kier alpha value is -2.56. The zero-order valence-electron chi connectivity index (χ0n) is 14.7. The van der Waals surface area contributed by atoms with E-state index >= 15 is 0 Å². The number of benzene rings is 1. The van der Waals surface area contributed by atoms with Crippen LogP contribution >= 0.6 is 0 Å². The monoisotopic (exact) mass is 340 g/mol. The molecule has 25 heavy (non-hydrogen) atoms. The molecule has 1 aliphatic carbocycles. The van der Waals surface area contributed by atoms with Crippen molar-refractivity contribution in [2.75, 3.05) is 6.54 Å². The Morgan fingerprint density at radius 3 is 2.52 bits per heavy atom. The molecule has 0 aliphatic heterocycles. The van der Waals surface area contributed by atoms with E-state index in [0.717, 1.165) is 18.4 Å². The highest BCUT2D eigenvalue weighted by atomic mass is 16.3. The molecule has 2 amide bonds. The molecule has 0 spiro atoms. The van der Waals surface area contributed by atoms with Gasteiger partial charge in [0.2, 0.25) is 5.91 Å². The van der Waals surface area contributed by atoms with Crippen LogP contribution in [0.2, 0.25) is 0 Å². The average Bonchev–Trinajstić information content (AvgIpc) is 3.34. The summed E-state index contributed by atoms with van der Waals surface area (Å²) in [6, 6.07) is 11.9. The van der Waals surface area contributed by atoms with E-state index in [-0.39, 0.29) is 11.8 Å². The van der Waals surface area contributed by atoms with Gasteiger partial charge in [-0.3, -0.25) is 9.59 Å². The highest BCUT2D eigenvalue weighted by molar-refractivity contribution is 5.95. The Morgan fingerprint density at radius 2 is 1.92 bits per heavy atom. The minimum Gasteiger partial charge on any atom is -0.466 e. The van der Waals surface area contributed by atoms with Gasteiger partial charge in [-0.25, -0.2) is 0 Å². The average molecular weight is 340 g/mol. The summed E-state index contributed by atoms with van der Waals surface area (Å²) < 4.78 is 5.50. The van der Waals surface area contributed by atoms with E-state index in [0.29, 0.717) is 42.6 Å². The Kier molecular flexibility index (Phi) is 5.22. The SMILES string of the molecule is Cc1cc(C(=O)N(CCC(=O)NC2CC2)Cc2ccccc2)c(C)o1. The third-order valence-electron chi connectivity index (χ3n) is 4.33. The van der Waals surface area contributed by atoms with Crippen molar-refractivity contribution >= 4 is 11.8 Å². The molecule has 1 heterocycles. The molecule has 1 fully saturated rings. The Bertz CT molecular complexity index is 748. The second-order valence-corrected chi connectivity index (χ2v) is 6.63. The first kappa shape index (κ1) is 17.3. The van der Waals surface area contributed by atoms with Gasteiger partial charge in [-0.1, -0.05) is 30.3 Å². The van der Waals surface area contributed by atoms with Crippen LogP contribution in [0.1, 0.15) is 46.7 Å². The lowest BCUT2D eigenvalue weighted by Crippen LogP contribution is -2.35. The van der Waals surface area contributed by atoms with Crippen LogP contribution in [0.3, 0.4) is 0 Å². The summed E-state index contributed by atoms with van der Waals surface area (Å²) in [5.74, 6) is 1.24. The second kappa shape index (κ2) is 7.55. The van der Waals surface area contributed by atoms with Gasteiger partial charge in [0.25, 0.3) is 5.91 Å². The molecular weight excluding hydrogens is 316 g/mol. The normalized spacial score (nSPS) is 13.5. The minimum atomic E-state index is -0.0996. The maximum atomic E-state index is 13.0. The first-order valence-corrected chi connectivity index (χ1v) is 8.72. The van der Waals surface area contributed by atoms with Crippen LogP contribution in [0.4, 0.5) is 0 Å². The predicted octanol–water partition coefficient (Wildman–Crippen LogP) is 3.21. The van der Waals surface area contributed by atoms with E-state index in [2.05, 4.69) is 5.32 Å². The molecule has 1 saturated carbocycles. The summed E-state index contributed by atoms with van der Waals surface area (Å²) in [6.07, 6.45) is 2.43. The summed E-state index contributed by atoms with van der Waals surface area (Å²) in [5.41, 5.74) is 1.60. The number of furan rings is 1. The lowest BCUT2D eigenvalue weighted by Gasteiger charge is -2.22. The van der Waals surface area contributed by atoms with Crippen LogP contribution in [0, 0.1) is 13.8 Å². The third-order valence-corrected chi connectivity index (χ3v) is 4.33. The van der Waals surface area contributed by atoms with Crippen LogP contribution in [0.25, 0.3) is 0 Å². The molecule has 132 valence electrons. The summed E-state index contributed by atoms with van der Waals surface area (Å²) in [4.78, 5) is 26.7. The molecule has 5 nitrogen and oxygen atoms in total. The molecule has 0 saturated heterocycles. The minimum absolute atomic E-state index is 0.00783. The molecule has 0 unspecified atom stereocenters. The van der Waals surface area contributed by atoms with Gasteiger partial charge < -0.3 is 14.6 Å². The predicted molar refractivity (Wildman–Crippen MR) is 95.1 cm³/mol. The van der Waals surface area contributed by atoms with Crippen molar-refractivity contribution in [1.82, 2.24) is 10.2 Å². The number of hydrogen-bond donors (Lipinski definition) is 1. The van der Waals surface area contributed by atoms with Gasteiger partial charge in [0.1, 0.15) is 11.5 Å². The smallest absolute Gasteiger partial charge is 0.257 e. The molecule has 1 aromatic heterocycles. The van der Waals surface area contributed by atoms with Crippen molar-refractivity contribution in [2.24, 2.45) is 0 Å². The lowest BCUT2D eigenvalue weighted by atomic mass is 10.1. The third kappa shape index (κ3) is 4.72. The molecule has 1 aromatic carbocycles. The molecular formula is C20H24N2O3. The van der Waals surface area contributed by atoms with Crippen molar-refractivity contribution in [3.05, 3.63) is 59.0 Å². The number of nitrogens with zero attached hydrogens (tertiary/aromatic N) is 1. The van der Waals surface area contributed by atoms with Crippen LogP contribution in [-0.4, -0.2) is 29.3 Å². The van der Waals surface area contributed by atoms with Crippen molar-refractivity contribution in [1.29, 1.82) is 0 Å². The molecule has 2 aromatic rings. The van der Waals surface area contributed by atoms with Gasteiger partial charge in [-0.2, -0.15) is 0 Å². The summed E-state index contributed by atoms with van der Waals surface area (Å²) in [6.45, 7) is 4.48. The van der Waals surface area contributed by atoms with Crippen molar-refractivity contribution in [3.8, 4) is 0 Å². The summed E-state index contributed by atoms with van der Waals surface area (Å²) >= 11 is 0. The van der Waals surface area contributed by atoms with Crippen molar-refractivity contribution in [3.63, 3.8) is 0 Å². The van der Waals surface area contributed by atoms with Gasteiger partial charge in [-0.15, -0.1) is 0 Å². The molecule has 1 aliphatic rings. The molecule has 0 atom stereocenters. The molecule has 0 radical (unpaired) electrons. The van der Waals surface area contributed by atoms with Gasteiger partial charge in [-0.05, 0) is 38.3 Å². The Balaban J connectivity index is 1.71. The summed E-state index contributed by atoms with van der Waals surface area (Å²) in [7, 11) is 0. The number of nitrogens with one attached hydrogen (secondary N) is 1. The largest absolute Gasteiger partial charge is 0.466 e. The number of amides is 2. The van der Waals surface area contributed by atoms with Crippen molar-refractivity contribution < 1.29 is 14.0 Å². The quantitative estimate of drug-likeness (QED) is 0.842. The fourth-order valence-corrected chi connectivity index (χ4v) is 2.83. The first-order valence-electron chi connectivity index (χ1n) is 8.72. The molecule has 5 heteroatoms. The number of carbonyl (C=O) groups excluding carboxylic acids is 2. The van der Waals surface area contributed by atoms with E-state index in [1.807, 2.05) is 37.3 Å². The van der Waals surface area contributed by atoms with Gasteiger partial charge in [0.15, 0.2) is 0 Å². The maximum Gasteiger partial charge on any atom is 0.257 e. The topological polar surface area (TPSA) is 62.6 Å². The maximum absolute atomic E-state index is 13.0. The number of rotatable bonds is 7. The standard InChI is InChI=1S/C20H24N2O3/c1-14-12-18(15(2)25-14)20(24)22(13-16-6-4-3-5-7-16)11-10-19(23)21-17-8-9-17/h3-7,12,17H,8-11,13H2,1-2H3,(H,21,23). The van der Waals surface area contributed by atoms with Crippen LogP contribution < -0.4 is 5.32 Å². The Labute approximate surface area is 148 Å². The first-order chi connectivity index (χ1) is 12.0. The lowest BCUT2D eigenvalue weighted by molar-refractivity contribution is -0.121. The highest BCUT2D eigenvalue weighted by Crippen LogP contribution is 2.20. The van der Waals surface area contributed by atoms with Crippen LogP contribution in [-0.2, 0) is 11.3 Å². The van der Waals surface area contributed by atoms with E-state index in [1.54, 1.807) is 17.9 Å². The molecule has 3 rings (SSSR count). The number of carbonyl (C=O) groups is 2. The number of hydrogen-bond acceptors (Lipinski definition) is 3. The van der Waals surface area contributed by atoms with Gasteiger partial charge in [0.05, 0.1) is 5.56 Å². The zero-order chi connectivity index (χ0) is 17.8. The van der Waals surface area contributed by atoms with Crippen LogP contribution in [0.5, 0.6) is 0 Å². The van der Waals surface area contributed by atoms with Gasteiger partial charge in [0, 0.05) is 25.6 Å². The van der Waals surface area contributed by atoms with Crippen molar-refractivity contribution in [2.45, 2.75) is 45.7 Å². The fourth-order valence-electron chi connectivity index (χ4n) is 2.83. The second-order valence-electron chi connectivity index (χ2n) is 6.63. The molecule has 1 N–H and O–H groups in total. The Morgan fingerprint density at radius 1 is 1.20 bits per heavy atom. The van der Waals surface area contributed by atoms with E-state index in [1.165, 1.54) is 0 Å². The summed E-state index contributed by atoms with van der Waals surface area (Å²) in [5, 5.41) is 2.97. The van der Waals surface area contributed by atoms with E-state index < -0.39 is 0 Å². The number of aryl methyl sites for hydroxylation is 2. The zero-order valence-corrected chi connectivity index (χ0v) is 14.7. The highest BCUT2D eigenvalue weighted by Gasteiger charge is 2.25. The van der Waals surface area contributed by atoms with Crippen LogP contribution in [0.15, 0.2) is 40.8 Å². The van der Waals surface area contributed by atoms with E-state index in [4.69, 9.17) is 4.42 Å². The van der Waals surface area contributed by atoms with E-state index in [9.17, 15) is 9.59 Å². The fraction of sp³-hybridized carbons (Fsp3) is 0.400. The molecule has 0 bridgehead atoms.